The third-order valence-corrected chi connectivity index (χ3v) is 2.64. The zero-order valence-electron chi connectivity index (χ0n) is 9.09. The Morgan fingerprint density at radius 2 is 2.27 bits per heavy atom. The molecule has 0 fully saturated rings. The highest BCUT2D eigenvalue weighted by Gasteiger charge is 2.08. The third-order valence-electron chi connectivity index (χ3n) is 2.33. The van der Waals surface area contributed by atoms with Crippen molar-refractivity contribution in [2.75, 3.05) is 0 Å². The Morgan fingerprint density at radius 3 is 2.87 bits per heavy atom. The van der Waals surface area contributed by atoms with Crippen LogP contribution < -0.4 is 5.32 Å². The number of carbonyl (C=O) groups excluding carboxylic acids is 1. The summed E-state index contributed by atoms with van der Waals surface area (Å²) in [6.07, 6.45) is 0.931. The van der Waals surface area contributed by atoms with Gasteiger partial charge in [0.25, 0.3) is 5.91 Å². The first-order valence-electron chi connectivity index (χ1n) is 5.13. The van der Waals surface area contributed by atoms with Crippen molar-refractivity contribution >= 4 is 17.5 Å². The van der Waals surface area contributed by atoms with Crippen LogP contribution in [0.5, 0.6) is 0 Å². The lowest BCUT2D eigenvalue weighted by Gasteiger charge is -2.11. The van der Waals surface area contributed by atoms with Gasteiger partial charge in [-0.3, -0.25) is 4.79 Å². The van der Waals surface area contributed by atoms with Gasteiger partial charge in [0.15, 0.2) is 0 Å². The molecule has 0 heterocycles. The van der Waals surface area contributed by atoms with E-state index in [4.69, 9.17) is 11.6 Å². The molecule has 1 unspecified atom stereocenters. The van der Waals surface area contributed by atoms with E-state index < -0.39 is 0 Å². The van der Waals surface area contributed by atoms with Gasteiger partial charge in [0, 0.05) is 17.5 Å². The van der Waals surface area contributed by atoms with Crippen LogP contribution in [0.25, 0.3) is 0 Å². The van der Waals surface area contributed by atoms with Crippen LogP contribution in [0.4, 0.5) is 0 Å². The van der Waals surface area contributed by atoms with Crippen LogP contribution in [0.3, 0.4) is 0 Å². The molecule has 1 amide bonds. The maximum Gasteiger partial charge on any atom is 0.251 e. The summed E-state index contributed by atoms with van der Waals surface area (Å²) in [7, 11) is 0. The Balaban J connectivity index is 2.73. The maximum atomic E-state index is 11.7. The van der Waals surface area contributed by atoms with Gasteiger partial charge in [0.2, 0.25) is 0 Å². The number of nitrogens with one attached hydrogen (secondary N) is 1. The Hall–Kier alpha value is -1.02. The smallest absolute Gasteiger partial charge is 0.251 e. The summed E-state index contributed by atoms with van der Waals surface area (Å²) in [4.78, 5) is 11.7. The minimum absolute atomic E-state index is 0.0312. The summed E-state index contributed by atoms with van der Waals surface area (Å²) < 4.78 is 0. The molecule has 0 aliphatic carbocycles. The van der Waals surface area contributed by atoms with E-state index in [-0.39, 0.29) is 11.9 Å². The first kappa shape index (κ1) is 12.1. The van der Waals surface area contributed by atoms with E-state index in [0.717, 1.165) is 12.0 Å². The van der Waals surface area contributed by atoms with Gasteiger partial charge in [-0.25, -0.2) is 0 Å². The number of alkyl halides is 1. The summed E-state index contributed by atoms with van der Waals surface area (Å²) >= 11 is 5.70. The molecule has 0 saturated heterocycles. The molecule has 0 radical (unpaired) electrons. The van der Waals surface area contributed by atoms with E-state index in [1.807, 2.05) is 32.0 Å². The largest absolute Gasteiger partial charge is 0.350 e. The van der Waals surface area contributed by atoms with Crippen LogP contribution in [-0.4, -0.2) is 11.9 Å². The predicted octanol–water partition coefficient (Wildman–Crippen LogP) is 2.95. The summed E-state index contributed by atoms with van der Waals surface area (Å²) in [5.74, 6) is 0.404. The van der Waals surface area contributed by atoms with E-state index in [2.05, 4.69) is 5.32 Å². The number of amides is 1. The van der Waals surface area contributed by atoms with Crippen LogP contribution in [0, 0.1) is 0 Å². The second kappa shape index (κ2) is 5.76. The normalized spacial score (nSPS) is 12.2. The number of hydrogen-bond donors (Lipinski definition) is 1. The first-order valence-corrected chi connectivity index (χ1v) is 5.66. The lowest BCUT2D eigenvalue weighted by Crippen LogP contribution is -2.31. The Kier molecular flexibility index (Phi) is 4.63. The topological polar surface area (TPSA) is 29.1 Å². The summed E-state index contributed by atoms with van der Waals surface area (Å²) in [6, 6.07) is 7.59. The third kappa shape index (κ3) is 3.56. The quantitative estimate of drug-likeness (QED) is 0.785. The van der Waals surface area contributed by atoms with Crippen molar-refractivity contribution in [1.29, 1.82) is 0 Å². The Bertz CT molecular complexity index is 338. The molecule has 1 aromatic rings. The molecule has 0 bridgehead atoms. The number of benzene rings is 1. The molecule has 0 aromatic heterocycles. The molecule has 2 nitrogen and oxygen atoms in total. The van der Waals surface area contributed by atoms with E-state index >= 15 is 0 Å². The molecule has 1 atom stereocenters. The monoisotopic (exact) mass is 225 g/mol. The van der Waals surface area contributed by atoms with Crippen molar-refractivity contribution in [2.24, 2.45) is 0 Å². The molecule has 3 heteroatoms. The molecule has 0 saturated carbocycles. The molecule has 1 rings (SSSR count). The number of carbonyl (C=O) groups is 1. The molecule has 1 N–H and O–H groups in total. The van der Waals surface area contributed by atoms with Gasteiger partial charge in [-0.1, -0.05) is 19.1 Å². The molecular formula is C12H16ClNO. The van der Waals surface area contributed by atoms with Gasteiger partial charge < -0.3 is 5.32 Å². The fraction of sp³-hybridized carbons (Fsp3) is 0.417. The Labute approximate surface area is 95.6 Å². The lowest BCUT2D eigenvalue weighted by atomic mass is 10.1. The average Bonchev–Trinajstić information content (AvgIpc) is 2.28. The van der Waals surface area contributed by atoms with Gasteiger partial charge in [0.1, 0.15) is 0 Å². The zero-order chi connectivity index (χ0) is 11.3. The summed E-state index contributed by atoms with van der Waals surface area (Å²) in [5.41, 5.74) is 1.64. The maximum absolute atomic E-state index is 11.7. The summed E-state index contributed by atoms with van der Waals surface area (Å²) in [5, 5.41) is 2.92. The number of hydrogen-bond acceptors (Lipinski definition) is 1. The lowest BCUT2D eigenvalue weighted by molar-refractivity contribution is 0.0939. The molecule has 1 aromatic carbocycles. The van der Waals surface area contributed by atoms with Crippen molar-refractivity contribution in [1.82, 2.24) is 5.32 Å². The van der Waals surface area contributed by atoms with E-state index in [1.165, 1.54) is 0 Å². The van der Waals surface area contributed by atoms with E-state index in [1.54, 1.807) is 6.07 Å². The summed E-state index contributed by atoms with van der Waals surface area (Å²) in [6.45, 7) is 4.03. The highest BCUT2D eigenvalue weighted by Crippen LogP contribution is 2.08. The van der Waals surface area contributed by atoms with E-state index in [9.17, 15) is 4.79 Å². The highest BCUT2D eigenvalue weighted by molar-refractivity contribution is 6.17. The molecule has 0 aliphatic heterocycles. The molecule has 15 heavy (non-hydrogen) atoms. The SMILES string of the molecule is CCC(C)NC(=O)c1cccc(CCl)c1. The van der Waals surface area contributed by atoms with Crippen molar-refractivity contribution in [3.05, 3.63) is 35.4 Å². The Morgan fingerprint density at radius 1 is 1.53 bits per heavy atom. The van der Waals surface area contributed by atoms with Crippen molar-refractivity contribution in [3.8, 4) is 0 Å². The van der Waals surface area contributed by atoms with Crippen LogP contribution in [0.2, 0.25) is 0 Å². The van der Waals surface area contributed by atoms with Crippen molar-refractivity contribution < 1.29 is 4.79 Å². The standard InChI is InChI=1S/C12H16ClNO/c1-3-9(2)14-12(15)11-6-4-5-10(7-11)8-13/h4-7,9H,3,8H2,1-2H3,(H,14,15). The van der Waals surface area contributed by atoms with E-state index in [0.29, 0.717) is 11.4 Å². The number of rotatable bonds is 4. The molecule has 82 valence electrons. The molecular weight excluding hydrogens is 210 g/mol. The van der Waals surface area contributed by atoms with Crippen molar-refractivity contribution in [2.45, 2.75) is 32.2 Å². The van der Waals surface area contributed by atoms with Gasteiger partial charge in [-0.15, -0.1) is 11.6 Å². The van der Waals surface area contributed by atoms with Crippen LogP contribution >= 0.6 is 11.6 Å². The second-order valence-electron chi connectivity index (χ2n) is 3.62. The van der Waals surface area contributed by atoms with Crippen LogP contribution in [0.15, 0.2) is 24.3 Å². The zero-order valence-corrected chi connectivity index (χ0v) is 9.84. The van der Waals surface area contributed by atoms with Crippen LogP contribution in [0.1, 0.15) is 36.2 Å². The fourth-order valence-electron chi connectivity index (χ4n) is 1.20. The minimum atomic E-state index is -0.0312. The fourth-order valence-corrected chi connectivity index (χ4v) is 1.37. The van der Waals surface area contributed by atoms with Gasteiger partial charge in [-0.2, -0.15) is 0 Å². The van der Waals surface area contributed by atoms with Crippen molar-refractivity contribution in [3.63, 3.8) is 0 Å². The second-order valence-corrected chi connectivity index (χ2v) is 3.88. The number of halogens is 1. The highest BCUT2D eigenvalue weighted by atomic mass is 35.5. The van der Waals surface area contributed by atoms with Crippen LogP contribution in [-0.2, 0) is 5.88 Å². The minimum Gasteiger partial charge on any atom is -0.350 e. The molecule has 0 spiro atoms. The van der Waals surface area contributed by atoms with Gasteiger partial charge >= 0.3 is 0 Å². The van der Waals surface area contributed by atoms with Gasteiger partial charge in [-0.05, 0) is 31.0 Å². The average molecular weight is 226 g/mol. The first-order chi connectivity index (χ1) is 7.17. The van der Waals surface area contributed by atoms with Gasteiger partial charge in [0.05, 0.1) is 0 Å². The predicted molar refractivity (Wildman–Crippen MR) is 63.2 cm³/mol. The molecule has 0 aliphatic rings.